The van der Waals surface area contributed by atoms with Gasteiger partial charge >= 0.3 is 0 Å². The van der Waals surface area contributed by atoms with Gasteiger partial charge in [-0.1, -0.05) is 12.1 Å². The maximum absolute atomic E-state index is 5.78. The van der Waals surface area contributed by atoms with Crippen LogP contribution in [-0.4, -0.2) is 49.6 Å². The molecule has 94 valence electrons. The molecule has 1 heterocycles. The van der Waals surface area contributed by atoms with Crippen LogP contribution in [0.25, 0.3) is 0 Å². The SMILES string of the molecule is CN(C)C1CCN(CCc2cccc(N)c2)C1. The highest BCUT2D eigenvalue weighted by Gasteiger charge is 2.23. The summed E-state index contributed by atoms with van der Waals surface area (Å²) in [5, 5.41) is 0. The molecule has 0 radical (unpaired) electrons. The smallest absolute Gasteiger partial charge is 0.0316 e. The molecular formula is C14H23N3. The van der Waals surface area contributed by atoms with E-state index in [2.05, 4.69) is 36.0 Å². The molecule has 1 aromatic carbocycles. The van der Waals surface area contributed by atoms with Crippen molar-refractivity contribution in [1.29, 1.82) is 0 Å². The van der Waals surface area contributed by atoms with E-state index in [-0.39, 0.29) is 0 Å². The second-order valence-corrected chi connectivity index (χ2v) is 5.20. The number of rotatable bonds is 4. The molecule has 1 saturated heterocycles. The molecule has 17 heavy (non-hydrogen) atoms. The number of likely N-dealkylation sites (tertiary alicyclic amines) is 1. The predicted octanol–water partition coefficient (Wildman–Crippen LogP) is 1.45. The number of nitrogens with two attached hydrogens (primary N) is 1. The Bertz CT molecular complexity index is 362. The average molecular weight is 233 g/mol. The molecule has 1 aliphatic rings. The third-order valence-corrected chi connectivity index (χ3v) is 3.65. The number of likely N-dealkylation sites (N-methyl/N-ethyl adjacent to an activating group) is 1. The second kappa shape index (κ2) is 5.52. The number of anilines is 1. The summed E-state index contributed by atoms with van der Waals surface area (Å²) in [6, 6.07) is 8.96. The zero-order chi connectivity index (χ0) is 12.3. The summed E-state index contributed by atoms with van der Waals surface area (Å²) in [6.07, 6.45) is 2.40. The van der Waals surface area contributed by atoms with Crippen LogP contribution in [0.5, 0.6) is 0 Å². The molecule has 1 unspecified atom stereocenters. The molecule has 0 spiro atoms. The van der Waals surface area contributed by atoms with Crippen LogP contribution in [0.4, 0.5) is 5.69 Å². The first-order valence-corrected chi connectivity index (χ1v) is 6.38. The highest BCUT2D eigenvalue weighted by Crippen LogP contribution is 2.14. The van der Waals surface area contributed by atoms with Crippen molar-refractivity contribution in [1.82, 2.24) is 9.80 Å². The Morgan fingerprint density at radius 3 is 2.88 bits per heavy atom. The van der Waals surface area contributed by atoms with Crippen LogP contribution in [0.3, 0.4) is 0 Å². The fourth-order valence-electron chi connectivity index (χ4n) is 2.47. The monoisotopic (exact) mass is 233 g/mol. The summed E-state index contributed by atoms with van der Waals surface area (Å²) in [6.45, 7) is 3.58. The van der Waals surface area contributed by atoms with E-state index in [1.165, 1.54) is 25.1 Å². The van der Waals surface area contributed by atoms with E-state index in [0.29, 0.717) is 0 Å². The van der Waals surface area contributed by atoms with Gasteiger partial charge in [0.25, 0.3) is 0 Å². The van der Waals surface area contributed by atoms with Crippen molar-refractivity contribution in [2.24, 2.45) is 0 Å². The molecule has 1 aliphatic heterocycles. The third-order valence-electron chi connectivity index (χ3n) is 3.65. The third kappa shape index (κ3) is 3.45. The lowest BCUT2D eigenvalue weighted by atomic mass is 10.1. The van der Waals surface area contributed by atoms with Crippen molar-refractivity contribution in [3.05, 3.63) is 29.8 Å². The minimum absolute atomic E-state index is 0.732. The van der Waals surface area contributed by atoms with E-state index >= 15 is 0 Å². The van der Waals surface area contributed by atoms with E-state index < -0.39 is 0 Å². The fraction of sp³-hybridized carbons (Fsp3) is 0.571. The lowest BCUT2D eigenvalue weighted by molar-refractivity contribution is 0.270. The Morgan fingerprint density at radius 1 is 1.41 bits per heavy atom. The van der Waals surface area contributed by atoms with E-state index in [1.54, 1.807) is 0 Å². The lowest BCUT2D eigenvalue weighted by Crippen LogP contribution is -2.32. The predicted molar refractivity (Wildman–Crippen MR) is 73.1 cm³/mol. The van der Waals surface area contributed by atoms with Gasteiger partial charge in [-0.15, -0.1) is 0 Å². The standard InChI is InChI=1S/C14H23N3/c1-16(2)14-7-9-17(11-14)8-6-12-4-3-5-13(15)10-12/h3-5,10,14H,6-9,11,15H2,1-2H3. The summed E-state index contributed by atoms with van der Waals surface area (Å²) >= 11 is 0. The van der Waals surface area contributed by atoms with Crippen LogP contribution in [0.15, 0.2) is 24.3 Å². The molecule has 0 bridgehead atoms. The summed E-state index contributed by atoms with van der Waals surface area (Å²) in [5.41, 5.74) is 8.00. The highest BCUT2D eigenvalue weighted by atomic mass is 15.2. The van der Waals surface area contributed by atoms with Crippen molar-refractivity contribution in [2.75, 3.05) is 39.5 Å². The Morgan fingerprint density at radius 2 is 2.24 bits per heavy atom. The molecule has 0 aromatic heterocycles. The number of nitrogen functional groups attached to an aromatic ring is 1. The molecular weight excluding hydrogens is 210 g/mol. The zero-order valence-electron chi connectivity index (χ0n) is 10.9. The maximum atomic E-state index is 5.78. The van der Waals surface area contributed by atoms with Crippen LogP contribution in [0, 0.1) is 0 Å². The van der Waals surface area contributed by atoms with Gasteiger partial charge in [-0.05, 0) is 51.2 Å². The Balaban J connectivity index is 1.80. The average Bonchev–Trinajstić information content (AvgIpc) is 2.75. The Hall–Kier alpha value is -1.06. The first-order valence-electron chi connectivity index (χ1n) is 6.38. The van der Waals surface area contributed by atoms with Gasteiger partial charge in [-0.3, -0.25) is 0 Å². The number of nitrogens with zero attached hydrogens (tertiary/aromatic N) is 2. The number of hydrogen-bond acceptors (Lipinski definition) is 3. The highest BCUT2D eigenvalue weighted by molar-refractivity contribution is 5.40. The van der Waals surface area contributed by atoms with Crippen molar-refractivity contribution < 1.29 is 0 Å². The molecule has 1 aromatic rings. The van der Waals surface area contributed by atoms with Gasteiger partial charge in [0, 0.05) is 24.8 Å². The van der Waals surface area contributed by atoms with Gasteiger partial charge in [-0.2, -0.15) is 0 Å². The molecule has 2 N–H and O–H groups in total. The van der Waals surface area contributed by atoms with Crippen molar-refractivity contribution in [3.8, 4) is 0 Å². The van der Waals surface area contributed by atoms with E-state index in [9.17, 15) is 0 Å². The van der Waals surface area contributed by atoms with E-state index in [1.807, 2.05) is 12.1 Å². The topological polar surface area (TPSA) is 32.5 Å². The maximum Gasteiger partial charge on any atom is 0.0316 e. The molecule has 3 nitrogen and oxygen atoms in total. The van der Waals surface area contributed by atoms with Gasteiger partial charge in [0.2, 0.25) is 0 Å². The van der Waals surface area contributed by atoms with Crippen LogP contribution in [0.1, 0.15) is 12.0 Å². The van der Waals surface area contributed by atoms with E-state index in [4.69, 9.17) is 5.73 Å². The minimum Gasteiger partial charge on any atom is -0.399 e. The number of benzene rings is 1. The molecule has 3 heteroatoms. The van der Waals surface area contributed by atoms with Crippen LogP contribution in [0.2, 0.25) is 0 Å². The Labute approximate surface area is 104 Å². The summed E-state index contributed by atoms with van der Waals surface area (Å²) in [7, 11) is 4.35. The molecule has 0 aliphatic carbocycles. The van der Waals surface area contributed by atoms with Crippen molar-refractivity contribution >= 4 is 5.69 Å². The first kappa shape index (κ1) is 12.4. The Kier molecular flexibility index (Phi) is 4.02. The lowest BCUT2D eigenvalue weighted by Gasteiger charge is -2.20. The summed E-state index contributed by atoms with van der Waals surface area (Å²) in [4.78, 5) is 4.88. The fourth-order valence-corrected chi connectivity index (χ4v) is 2.47. The molecule has 1 fully saturated rings. The van der Waals surface area contributed by atoms with Crippen LogP contribution in [-0.2, 0) is 6.42 Å². The van der Waals surface area contributed by atoms with Gasteiger partial charge in [0.05, 0.1) is 0 Å². The summed E-state index contributed by atoms with van der Waals surface area (Å²) < 4.78 is 0. The normalized spacial score (nSPS) is 21.2. The minimum atomic E-state index is 0.732. The van der Waals surface area contributed by atoms with Crippen molar-refractivity contribution in [3.63, 3.8) is 0 Å². The van der Waals surface area contributed by atoms with Crippen LogP contribution < -0.4 is 5.73 Å². The summed E-state index contributed by atoms with van der Waals surface area (Å²) in [5.74, 6) is 0. The second-order valence-electron chi connectivity index (χ2n) is 5.20. The quantitative estimate of drug-likeness (QED) is 0.799. The molecule has 1 atom stereocenters. The van der Waals surface area contributed by atoms with Gasteiger partial charge in [0.15, 0.2) is 0 Å². The number of hydrogen-bond donors (Lipinski definition) is 1. The molecule has 0 amide bonds. The van der Waals surface area contributed by atoms with Gasteiger partial charge in [-0.25, -0.2) is 0 Å². The first-order chi connectivity index (χ1) is 8.15. The van der Waals surface area contributed by atoms with Gasteiger partial charge < -0.3 is 15.5 Å². The van der Waals surface area contributed by atoms with Crippen molar-refractivity contribution in [2.45, 2.75) is 18.9 Å². The van der Waals surface area contributed by atoms with Crippen LogP contribution >= 0.6 is 0 Å². The van der Waals surface area contributed by atoms with E-state index in [0.717, 1.165) is 24.7 Å². The van der Waals surface area contributed by atoms with Gasteiger partial charge in [0.1, 0.15) is 0 Å². The zero-order valence-corrected chi connectivity index (χ0v) is 10.9. The largest absolute Gasteiger partial charge is 0.399 e. The molecule has 0 saturated carbocycles. The molecule has 2 rings (SSSR count).